The molecule has 0 bridgehead atoms. The Morgan fingerprint density at radius 3 is 2.49 bits per heavy atom. The summed E-state index contributed by atoms with van der Waals surface area (Å²) in [7, 11) is 2.16. The largest absolute Gasteiger partial charge is 0.489 e. The third-order valence-electron chi connectivity index (χ3n) is 7.91. The summed E-state index contributed by atoms with van der Waals surface area (Å²) in [6.45, 7) is -0.606. The molecule has 3 N–H and O–H groups in total. The number of aromatic nitrogens is 1. The summed E-state index contributed by atoms with van der Waals surface area (Å²) in [6, 6.07) is 11.9. The van der Waals surface area contributed by atoms with Gasteiger partial charge in [0.2, 0.25) is 0 Å². The van der Waals surface area contributed by atoms with Crippen molar-refractivity contribution in [3.05, 3.63) is 53.7 Å². The van der Waals surface area contributed by atoms with Gasteiger partial charge in [-0.1, -0.05) is 18.1 Å². The first-order chi connectivity index (χ1) is 20.2. The van der Waals surface area contributed by atoms with E-state index < -0.39 is 28.1 Å². The van der Waals surface area contributed by atoms with E-state index in [1.165, 1.54) is 23.8 Å². The first-order valence-electron chi connectivity index (χ1n) is 14.1. The van der Waals surface area contributed by atoms with E-state index in [4.69, 9.17) is 15.2 Å². The number of benzene rings is 2. The number of hydrogen-bond donors (Lipinski definition) is 2. The van der Waals surface area contributed by atoms with Gasteiger partial charge in [0, 0.05) is 41.9 Å². The fourth-order valence-electron chi connectivity index (χ4n) is 5.58. The molecule has 1 aromatic heterocycles. The van der Waals surface area contributed by atoms with Gasteiger partial charge >= 0.3 is 6.18 Å². The van der Waals surface area contributed by atoms with E-state index in [2.05, 4.69) is 22.1 Å². The lowest BCUT2D eigenvalue weighted by Gasteiger charge is -2.40. The van der Waals surface area contributed by atoms with Crippen molar-refractivity contribution in [1.82, 2.24) is 9.47 Å². The van der Waals surface area contributed by atoms with E-state index in [0.29, 0.717) is 35.0 Å². The van der Waals surface area contributed by atoms with Gasteiger partial charge in [0.25, 0.3) is 0 Å². The van der Waals surface area contributed by atoms with E-state index in [0.717, 1.165) is 37.5 Å². The topological polar surface area (TPSA) is 98.8 Å². The van der Waals surface area contributed by atoms with Crippen molar-refractivity contribution in [2.75, 3.05) is 52.5 Å². The maximum Gasteiger partial charge on any atom is 0.406 e. The molecule has 3 aromatic rings. The Balaban J connectivity index is 1.63. The summed E-state index contributed by atoms with van der Waals surface area (Å²) in [4.78, 5) is 2.29. The summed E-state index contributed by atoms with van der Waals surface area (Å²) in [5, 5.41) is 3.76. The Kier molecular flexibility index (Phi) is 10.0. The molecule has 234 valence electrons. The monoisotopic (exact) mass is 620 g/mol. The van der Waals surface area contributed by atoms with Gasteiger partial charge in [-0.15, -0.1) is 0 Å². The van der Waals surface area contributed by atoms with Gasteiger partial charge in [0.15, 0.2) is 9.84 Å². The minimum Gasteiger partial charge on any atom is -0.489 e. The maximum atomic E-state index is 13.7. The first-order valence-corrected chi connectivity index (χ1v) is 15.9. The van der Waals surface area contributed by atoms with Gasteiger partial charge < -0.3 is 30.0 Å². The van der Waals surface area contributed by atoms with Gasteiger partial charge in [0.1, 0.15) is 18.9 Å². The van der Waals surface area contributed by atoms with Crippen molar-refractivity contribution in [2.45, 2.75) is 54.9 Å². The minimum atomic E-state index is -4.45. The lowest BCUT2D eigenvalue weighted by molar-refractivity contribution is -0.140. The lowest BCUT2D eigenvalue weighted by Crippen LogP contribution is -2.44. The Bertz CT molecular complexity index is 1600. The van der Waals surface area contributed by atoms with Crippen molar-refractivity contribution in [3.8, 4) is 17.6 Å². The van der Waals surface area contributed by atoms with Crippen LogP contribution in [-0.2, 0) is 26.7 Å². The van der Waals surface area contributed by atoms with Gasteiger partial charge in [-0.05, 0) is 75.5 Å². The number of ether oxygens (including phenoxy) is 2. The summed E-state index contributed by atoms with van der Waals surface area (Å²) in [6.07, 6.45) is -0.0642. The summed E-state index contributed by atoms with van der Waals surface area (Å²) >= 11 is 0. The summed E-state index contributed by atoms with van der Waals surface area (Å²) in [5.41, 5.74) is 8.29. The number of hydrogen-bond acceptors (Lipinski definition) is 7. The number of fused-ring (bicyclic) bond motifs is 1. The molecule has 0 radical (unpaired) electrons. The van der Waals surface area contributed by atoms with Crippen LogP contribution in [0.1, 0.15) is 36.9 Å². The molecule has 0 spiro atoms. The third kappa shape index (κ3) is 8.03. The number of nitrogens with one attached hydrogen (secondary N) is 1. The van der Waals surface area contributed by atoms with Crippen LogP contribution in [0.3, 0.4) is 0 Å². The van der Waals surface area contributed by atoms with Crippen molar-refractivity contribution in [3.63, 3.8) is 0 Å². The number of halogens is 3. The van der Waals surface area contributed by atoms with Crippen molar-refractivity contribution < 1.29 is 31.1 Å². The van der Waals surface area contributed by atoms with Gasteiger partial charge in [-0.2, -0.15) is 13.2 Å². The number of alkyl halides is 3. The predicted molar refractivity (Wildman–Crippen MR) is 162 cm³/mol. The van der Waals surface area contributed by atoms with Crippen LogP contribution in [0.5, 0.6) is 5.75 Å². The molecule has 8 nitrogen and oxygen atoms in total. The van der Waals surface area contributed by atoms with Crippen molar-refractivity contribution in [2.24, 2.45) is 5.73 Å². The van der Waals surface area contributed by atoms with Crippen LogP contribution in [0.2, 0.25) is 0 Å². The smallest absolute Gasteiger partial charge is 0.406 e. The predicted octanol–water partition coefficient (Wildman–Crippen LogP) is 4.75. The fraction of sp³-hybridized carbons (Fsp3) is 0.484. The van der Waals surface area contributed by atoms with E-state index >= 15 is 0 Å². The molecule has 1 heterocycles. The minimum absolute atomic E-state index is 0.0754. The molecule has 1 fully saturated rings. The van der Waals surface area contributed by atoms with Crippen LogP contribution < -0.4 is 15.8 Å². The molecule has 1 aliphatic rings. The number of methoxy groups -OCH3 is 1. The highest BCUT2D eigenvalue weighted by molar-refractivity contribution is 7.90. The number of anilines is 1. The summed E-state index contributed by atoms with van der Waals surface area (Å²) < 4.78 is 77.0. The fourth-order valence-corrected chi connectivity index (χ4v) is 6.22. The molecule has 0 atom stereocenters. The second kappa shape index (κ2) is 13.2. The van der Waals surface area contributed by atoms with Crippen molar-refractivity contribution in [1.29, 1.82) is 0 Å². The molecule has 1 saturated carbocycles. The highest BCUT2D eigenvalue weighted by Gasteiger charge is 2.36. The van der Waals surface area contributed by atoms with Crippen LogP contribution in [0.4, 0.5) is 18.9 Å². The normalized spacial score (nSPS) is 19.3. The standard InChI is InChI=1S/C31H39F3N4O4S/c1-37(2)22-12-14-30(35,15-13-22)26-8-5-9-28-25(26)19-23(38(28)21-31(32,33)34)7-6-16-36-27-11-10-24(43(4,39)40)20-29(27)42-18-17-41-3/h5,8-11,19-20,22,36H,12-18,21,35H2,1-4H3. The van der Waals surface area contributed by atoms with Gasteiger partial charge in [-0.25, -0.2) is 8.42 Å². The molecule has 0 amide bonds. The Hall–Kier alpha value is -3.24. The third-order valence-corrected chi connectivity index (χ3v) is 9.02. The maximum absolute atomic E-state index is 13.7. The number of nitrogens with zero attached hydrogens (tertiary/aromatic N) is 2. The van der Waals surface area contributed by atoms with Crippen LogP contribution >= 0.6 is 0 Å². The number of nitrogens with two attached hydrogens (primary N) is 1. The second-order valence-electron chi connectivity index (χ2n) is 11.2. The zero-order valence-electron chi connectivity index (χ0n) is 24.9. The van der Waals surface area contributed by atoms with E-state index in [1.807, 2.05) is 20.2 Å². The molecule has 12 heteroatoms. The molecule has 2 aromatic carbocycles. The molecule has 0 saturated heterocycles. The average molecular weight is 621 g/mol. The molecular weight excluding hydrogens is 581 g/mol. The van der Waals surface area contributed by atoms with E-state index in [9.17, 15) is 21.6 Å². The van der Waals surface area contributed by atoms with Crippen LogP contribution in [0.25, 0.3) is 10.9 Å². The molecule has 0 aliphatic heterocycles. The lowest BCUT2D eigenvalue weighted by atomic mass is 9.74. The van der Waals surface area contributed by atoms with E-state index in [-0.39, 0.29) is 23.7 Å². The molecule has 4 rings (SSSR count). The second-order valence-corrected chi connectivity index (χ2v) is 13.3. The zero-order valence-corrected chi connectivity index (χ0v) is 25.7. The molecule has 0 unspecified atom stereocenters. The van der Waals surface area contributed by atoms with Crippen LogP contribution in [0, 0.1) is 11.8 Å². The number of sulfone groups is 1. The van der Waals surface area contributed by atoms with Gasteiger partial charge in [0.05, 0.1) is 29.4 Å². The van der Waals surface area contributed by atoms with Crippen LogP contribution in [-0.4, -0.2) is 77.3 Å². The molecule has 43 heavy (non-hydrogen) atoms. The molecule has 1 aliphatic carbocycles. The first kappa shape index (κ1) is 32.7. The Morgan fingerprint density at radius 1 is 1.14 bits per heavy atom. The van der Waals surface area contributed by atoms with Crippen molar-refractivity contribution >= 4 is 26.4 Å². The van der Waals surface area contributed by atoms with E-state index in [1.54, 1.807) is 24.3 Å². The zero-order chi connectivity index (χ0) is 31.4. The Morgan fingerprint density at radius 2 is 1.86 bits per heavy atom. The Labute approximate surface area is 251 Å². The van der Waals surface area contributed by atoms with Crippen LogP contribution in [0.15, 0.2) is 47.4 Å². The highest BCUT2D eigenvalue weighted by Crippen LogP contribution is 2.40. The number of rotatable bonds is 10. The summed E-state index contributed by atoms with van der Waals surface area (Å²) in [5.74, 6) is 6.13. The quantitative estimate of drug-likeness (QED) is 0.249. The van der Waals surface area contributed by atoms with Gasteiger partial charge in [-0.3, -0.25) is 0 Å². The SMILES string of the molecule is COCCOc1cc(S(C)(=O)=O)ccc1NCC#Cc1cc2c(C3(N)CCC(N(C)C)CC3)cccc2n1CC(F)(F)F. The molecular formula is C31H39F3N4O4S. The average Bonchev–Trinajstić information content (AvgIpc) is 3.27. The highest BCUT2D eigenvalue weighted by atomic mass is 32.2.